The minimum Gasteiger partial charge on any atom is -0.481 e. The molecule has 2 heterocycles. The number of rotatable bonds is 4. The van der Waals surface area contributed by atoms with E-state index in [9.17, 15) is 9.18 Å². The maximum absolute atomic E-state index is 13.6. The number of ether oxygens (including phenoxy) is 1. The van der Waals surface area contributed by atoms with Crippen LogP contribution in [0.4, 0.5) is 4.39 Å². The third kappa shape index (κ3) is 4.04. The Morgan fingerprint density at radius 1 is 1.16 bits per heavy atom. The zero-order chi connectivity index (χ0) is 22.5. The number of hydrogen-bond donors (Lipinski definition) is 0. The van der Waals surface area contributed by atoms with E-state index in [2.05, 4.69) is 4.98 Å². The second-order valence-electron chi connectivity index (χ2n) is 8.91. The lowest BCUT2D eigenvalue weighted by molar-refractivity contribution is -0.140. The zero-order valence-corrected chi connectivity index (χ0v) is 19.2. The molecule has 7 heteroatoms. The predicted octanol–water partition coefficient (Wildman–Crippen LogP) is 6.52. The van der Waals surface area contributed by atoms with Crippen LogP contribution in [-0.4, -0.2) is 35.0 Å². The van der Waals surface area contributed by atoms with Crippen molar-refractivity contribution in [3.8, 4) is 16.9 Å². The Morgan fingerprint density at radius 3 is 2.62 bits per heavy atom. The molecule has 0 N–H and O–H groups in total. The molecule has 5 rings (SSSR count). The van der Waals surface area contributed by atoms with Crippen LogP contribution in [0.1, 0.15) is 32.6 Å². The van der Waals surface area contributed by atoms with Crippen molar-refractivity contribution in [2.75, 3.05) is 13.1 Å². The molecule has 2 aliphatic rings. The molecular formula is C25H23Cl2FN2O2. The molecule has 1 spiro atoms. The van der Waals surface area contributed by atoms with Gasteiger partial charge in [0.15, 0.2) is 6.10 Å². The van der Waals surface area contributed by atoms with Gasteiger partial charge in [0.05, 0.1) is 15.6 Å². The second kappa shape index (κ2) is 8.20. The summed E-state index contributed by atoms with van der Waals surface area (Å²) in [6, 6.07) is 9.75. The number of nitrogens with zero attached hydrogens (tertiary/aromatic N) is 2. The van der Waals surface area contributed by atoms with Gasteiger partial charge in [-0.15, -0.1) is 0 Å². The zero-order valence-electron chi connectivity index (χ0n) is 17.7. The van der Waals surface area contributed by atoms with Gasteiger partial charge in [0.1, 0.15) is 11.6 Å². The van der Waals surface area contributed by atoms with Gasteiger partial charge in [-0.25, -0.2) is 4.39 Å². The van der Waals surface area contributed by atoms with Crippen LogP contribution in [0.3, 0.4) is 0 Å². The summed E-state index contributed by atoms with van der Waals surface area (Å²) in [6.07, 6.45) is 5.82. The molecule has 1 saturated heterocycles. The van der Waals surface area contributed by atoms with Crippen LogP contribution in [0, 0.1) is 11.2 Å². The third-order valence-electron chi connectivity index (χ3n) is 6.58. The van der Waals surface area contributed by atoms with Gasteiger partial charge in [0, 0.05) is 36.3 Å². The molecule has 166 valence electrons. The Morgan fingerprint density at radius 2 is 1.91 bits per heavy atom. The molecule has 0 bridgehead atoms. The van der Waals surface area contributed by atoms with Gasteiger partial charge < -0.3 is 9.64 Å². The highest BCUT2D eigenvalue weighted by atomic mass is 35.5. The van der Waals surface area contributed by atoms with Crippen LogP contribution in [-0.2, 0) is 4.79 Å². The molecule has 1 saturated carbocycles. The lowest BCUT2D eigenvalue weighted by atomic mass is 9.95. The molecule has 1 amide bonds. The van der Waals surface area contributed by atoms with Crippen molar-refractivity contribution in [3.05, 3.63) is 58.5 Å². The van der Waals surface area contributed by atoms with Crippen LogP contribution in [0.5, 0.6) is 5.75 Å². The van der Waals surface area contributed by atoms with Gasteiger partial charge in [-0.2, -0.15) is 0 Å². The monoisotopic (exact) mass is 472 g/mol. The second-order valence-corrected chi connectivity index (χ2v) is 9.72. The van der Waals surface area contributed by atoms with Gasteiger partial charge in [0.25, 0.3) is 5.91 Å². The summed E-state index contributed by atoms with van der Waals surface area (Å²) in [6.45, 7) is 3.44. The summed E-state index contributed by atoms with van der Waals surface area (Å²) in [5.41, 5.74) is 2.35. The molecule has 32 heavy (non-hydrogen) atoms. The number of fused-ring (bicyclic) bond motifs is 1. The number of piperidine rings is 1. The summed E-state index contributed by atoms with van der Waals surface area (Å²) in [5, 5.41) is 1.27. The lowest BCUT2D eigenvalue weighted by Crippen LogP contribution is -2.46. The summed E-state index contributed by atoms with van der Waals surface area (Å²) in [5.74, 6) is 0.109. The van der Waals surface area contributed by atoms with E-state index in [1.54, 1.807) is 31.3 Å². The minimum atomic E-state index is -0.578. The van der Waals surface area contributed by atoms with Crippen molar-refractivity contribution < 1.29 is 13.9 Å². The smallest absolute Gasteiger partial charge is 0.263 e. The number of halogens is 3. The lowest BCUT2D eigenvalue weighted by Gasteiger charge is -2.34. The van der Waals surface area contributed by atoms with Gasteiger partial charge in [-0.3, -0.25) is 9.78 Å². The number of pyridine rings is 1. The van der Waals surface area contributed by atoms with E-state index in [-0.39, 0.29) is 16.0 Å². The fraction of sp³-hybridized carbons (Fsp3) is 0.360. The normalized spacial score (nSPS) is 18.1. The average molecular weight is 473 g/mol. The van der Waals surface area contributed by atoms with Gasteiger partial charge in [0.2, 0.25) is 0 Å². The summed E-state index contributed by atoms with van der Waals surface area (Å²) in [7, 11) is 0. The number of likely N-dealkylation sites (tertiary alicyclic amines) is 1. The van der Waals surface area contributed by atoms with Crippen molar-refractivity contribution in [3.63, 3.8) is 0 Å². The number of carbonyl (C=O) groups is 1. The van der Waals surface area contributed by atoms with Crippen LogP contribution < -0.4 is 4.74 Å². The fourth-order valence-electron chi connectivity index (χ4n) is 4.71. The Hall–Kier alpha value is -2.37. The molecular weight excluding hydrogens is 450 g/mol. The van der Waals surface area contributed by atoms with Crippen molar-refractivity contribution >= 4 is 40.0 Å². The maximum Gasteiger partial charge on any atom is 0.263 e. The number of carbonyl (C=O) groups excluding carboxylic acids is 1. The SMILES string of the molecule is C[C@@H](Oc1ccc2c(-c3c(Cl)cc(F)cc3Cl)ccnc2c1)C(=O)N1CCCC2(CC2)C1. The molecule has 1 aliphatic carbocycles. The molecule has 4 nitrogen and oxygen atoms in total. The quantitative estimate of drug-likeness (QED) is 0.434. The molecule has 2 aromatic carbocycles. The first-order valence-corrected chi connectivity index (χ1v) is 11.6. The van der Waals surface area contributed by atoms with E-state index in [4.69, 9.17) is 27.9 Å². The van der Waals surface area contributed by atoms with Crippen LogP contribution >= 0.6 is 23.2 Å². The van der Waals surface area contributed by atoms with Crippen molar-refractivity contribution in [1.82, 2.24) is 9.88 Å². The molecule has 0 unspecified atom stereocenters. The first-order valence-electron chi connectivity index (χ1n) is 10.8. The first kappa shape index (κ1) is 21.5. The molecule has 2 fully saturated rings. The Kier molecular flexibility index (Phi) is 5.50. The van der Waals surface area contributed by atoms with Crippen LogP contribution in [0.2, 0.25) is 10.0 Å². The van der Waals surface area contributed by atoms with E-state index in [1.807, 2.05) is 11.0 Å². The number of benzene rings is 2. The highest BCUT2D eigenvalue weighted by molar-refractivity contribution is 6.39. The average Bonchev–Trinajstić information content (AvgIpc) is 3.50. The number of aromatic nitrogens is 1. The fourth-order valence-corrected chi connectivity index (χ4v) is 5.38. The van der Waals surface area contributed by atoms with E-state index in [0.29, 0.717) is 22.2 Å². The molecule has 1 aliphatic heterocycles. The highest BCUT2D eigenvalue weighted by Gasteiger charge is 2.46. The number of hydrogen-bond acceptors (Lipinski definition) is 3. The van der Waals surface area contributed by atoms with E-state index >= 15 is 0 Å². The van der Waals surface area contributed by atoms with Gasteiger partial charge in [-0.1, -0.05) is 23.2 Å². The van der Waals surface area contributed by atoms with E-state index in [1.165, 1.54) is 31.4 Å². The Bertz CT molecular complexity index is 1190. The molecule has 0 radical (unpaired) electrons. The van der Waals surface area contributed by atoms with Gasteiger partial charge >= 0.3 is 0 Å². The first-order chi connectivity index (χ1) is 15.3. The predicted molar refractivity (Wildman–Crippen MR) is 125 cm³/mol. The van der Waals surface area contributed by atoms with Crippen molar-refractivity contribution in [2.45, 2.75) is 38.7 Å². The van der Waals surface area contributed by atoms with E-state index < -0.39 is 11.9 Å². The summed E-state index contributed by atoms with van der Waals surface area (Å²) < 4.78 is 19.6. The largest absolute Gasteiger partial charge is 0.481 e. The standard InChI is InChI=1S/C25H23Cl2FN2O2/c1-15(24(31)30-10-2-6-25(14-30)7-8-25)32-17-3-4-18-19(5-9-29-22(18)13-17)23-20(26)11-16(28)12-21(23)27/h3-5,9,11-13,15H,2,6-8,10,14H2,1H3/t15-/m1/s1. The Balaban J connectivity index is 1.39. The summed E-state index contributed by atoms with van der Waals surface area (Å²) >= 11 is 12.6. The van der Waals surface area contributed by atoms with Crippen LogP contribution in [0.15, 0.2) is 42.6 Å². The van der Waals surface area contributed by atoms with Crippen molar-refractivity contribution in [2.24, 2.45) is 5.41 Å². The number of amides is 1. The highest BCUT2D eigenvalue weighted by Crippen LogP contribution is 2.52. The van der Waals surface area contributed by atoms with Crippen LogP contribution in [0.25, 0.3) is 22.0 Å². The van der Waals surface area contributed by atoms with Gasteiger partial charge in [-0.05, 0) is 73.9 Å². The minimum absolute atomic E-state index is 0.0302. The molecule has 1 atom stereocenters. The maximum atomic E-state index is 13.6. The molecule has 3 aromatic rings. The summed E-state index contributed by atoms with van der Waals surface area (Å²) in [4.78, 5) is 19.3. The topological polar surface area (TPSA) is 42.4 Å². The van der Waals surface area contributed by atoms with E-state index in [0.717, 1.165) is 30.5 Å². The molecule has 1 aromatic heterocycles. The van der Waals surface area contributed by atoms with Crippen molar-refractivity contribution in [1.29, 1.82) is 0 Å². The Labute approximate surface area is 196 Å². The third-order valence-corrected chi connectivity index (χ3v) is 7.18.